The van der Waals surface area contributed by atoms with Crippen LogP contribution in [0.3, 0.4) is 0 Å². The highest BCUT2D eigenvalue weighted by Gasteiger charge is 2.08. The molecule has 0 radical (unpaired) electrons. The number of hydrogen-bond donors (Lipinski definition) is 1. The molecule has 1 N–H and O–H groups in total. The zero-order valence-electron chi connectivity index (χ0n) is 16.2. The van der Waals surface area contributed by atoms with Crippen molar-refractivity contribution in [3.05, 3.63) is 77.1 Å². The molecular formula is C24H22ClN3O. The van der Waals surface area contributed by atoms with Gasteiger partial charge in [-0.25, -0.2) is 9.97 Å². The Kier molecular flexibility index (Phi) is 6.03. The molecule has 4 aromatic rings. The van der Waals surface area contributed by atoms with E-state index in [0.717, 1.165) is 45.7 Å². The van der Waals surface area contributed by atoms with Crippen molar-refractivity contribution in [2.45, 2.75) is 6.42 Å². The Morgan fingerprint density at radius 1 is 0.966 bits per heavy atom. The van der Waals surface area contributed by atoms with Crippen molar-refractivity contribution >= 4 is 51.2 Å². The maximum atomic E-state index is 5.97. The molecule has 0 aliphatic carbocycles. The van der Waals surface area contributed by atoms with Gasteiger partial charge in [0.15, 0.2) is 5.82 Å². The summed E-state index contributed by atoms with van der Waals surface area (Å²) in [5.41, 5.74) is 1.97. The fraction of sp³-hybridized carbons (Fsp3) is 0.167. The van der Waals surface area contributed by atoms with Gasteiger partial charge in [0.1, 0.15) is 5.82 Å². The third-order valence-corrected chi connectivity index (χ3v) is 4.95. The van der Waals surface area contributed by atoms with E-state index in [1.165, 1.54) is 5.39 Å². The van der Waals surface area contributed by atoms with E-state index in [1.54, 1.807) is 7.11 Å². The molecule has 1 aromatic heterocycles. The first-order valence-electron chi connectivity index (χ1n) is 9.60. The highest BCUT2D eigenvalue weighted by atomic mass is 35.5. The number of benzene rings is 3. The lowest BCUT2D eigenvalue weighted by Gasteiger charge is -2.11. The van der Waals surface area contributed by atoms with Crippen LogP contribution < -0.4 is 5.32 Å². The molecule has 0 aliphatic rings. The van der Waals surface area contributed by atoms with E-state index in [1.807, 2.05) is 48.6 Å². The zero-order chi connectivity index (χ0) is 20.1. The largest absolute Gasteiger partial charge is 0.385 e. The molecule has 0 aliphatic heterocycles. The summed E-state index contributed by atoms with van der Waals surface area (Å²) in [5, 5.41) is 7.53. The van der Waals surface area contributed by atoms with E-state index < -0.39 is 0 Å². The molecule has 0 fully saturated rings. The van der Waals surface area contributed by atoms with Gasteiger partial charge in [0.25, 0.3) is 0 Å². The van der Waals surface area contributed by atoms with Gasteiger partial charge in [-0.1, -0.05) is 54.1 Å². The molecule has 0 saturated heterocycles. The molecule has 0 unspecified atom stereocenters. The minimum Gasteiger partial charge on any atom is -0.385 e. The van der Waals surface area contributed by atoms with E-state index in [0.29, 0.717) is 12.4 Å². The summed E-state index contributed by atoms with van der Waals surface area (Å²) in [4.78, 5) is 9.54. The molecule has 4 rings (SSSR count). The van der Waals surface area contributed by atoms with Gasteiger partial charge in [0.2, 0.25) is 0 Å². The van der Waals surface area contributed by atoms with E-state index in [9.17, 15) is 0 Å². The van der Waals surface area contributed by atoms with Crippen molar-refractivity contribution in [3.63, 3.8) is 0 Å². The number of anilines is 1. The maximum absolute atomic E-state index is 5.97. The van der Waals surface area contributed by atoms with Crippen LogP contribution in [0.1, 0.15) is 17.8 Å². The number of ether oxygens (including phenoxy) is 1. The lowest BCUT2D eigenvalue weighted by molar-refractivity contribution is 0.198. The Morgan fingerprint density at radius 3 is 2.48 bits per heavy atom. The number of rotatable bonds is 7. The van der Waals surface area contributed by atoms with E-state index in [2.05, 4.69) is 29.6 Å². The van der Waals surface area contributed by atoms with Gasteiger partial charge in [-0.3, -0.25) is 0 Å². The van der Waals surface area contributed by atoms with Crippen LogP contribution in [0.5, 0.6) is 0 Å². The number of hydrogen-bond acceptors (Lipinski definition) is 4. The number of nitrogens with zero attached hydrogens (tertiary/aromatic N) is 2. The van der Waals surface area contributed by atoms with E-state index in [4.69, 9.17) is 26.3 Å². The number of fused-ring (bicyclic) bond motifs is 2. The van der Waals surface area contributed by atoms with Gasteiger partial charge in [-0.2, -0.15) is 0 Å². The van der Waals surface area contributed by atoms with Crippen molar-refractivity contribution in [3.8, 4) is 0 Å². The SMILES string of the molecule is COCCCNc1nc(/C=C/c2ccc(Cl)cc2)nc2cc3ccccc3cc12. The third kappa shape index (κ3) is 4.73. The fourth-order valence-corrected chi connectivity index (χ4v) is 3.34. The minimum absolute atomic E-state index is 0.664. The standard InChI is InChI=1S/C24H22ClN3O/c1-29-14-4-13-26-24-21-15-18-5-2-3-6-19(18)16-22(21)27-23(28-24)12-9-17-7-10-20(25)11-8-17/h2-3,5-12,15-16H,4,13-14H2,1H3,(H,26,27,28)/b12-9+. The third-order valence-electron chi connectivity index (χ3n) is 4.69. The average Bonchev–Trinajstić information content (AvgIpc) is 2.75. The van der Waals surface area contributed by atoms with Crippen molar-refractivity contribution in [1.29, 1.82) is 0 Å². The molecule has 0 amide bonds. The monoisotopic (exact) mass is 403 g/mol. The van der Waals surface area contributed by atoms with Crippen LogP contribution in [-0.2, 0) is 4.74 Å². The lowest BCUT2D eigenvalue weighted by atomic mass is 10.1. The van der Waals surface area contributed by atoms with E-state index >= 15 is 0 Å². The Hall–Kier alpha value is -2.95. The second kappa shape index (κ2) is 9.03. The van der Waals surface area contributed by atoms with Crippen LogP contribution in [0, 0.1) is 0 Å². The van der Waals surface area contributed by atoms with Gasteiger partial charge in [-0.05, 0) is 53.1 Å². The fourth-order valence-electron chi connectivity index (χ4n) is 3.21. The first-order valence-corrected chi connectivity index (χ1v) is 9.98. The number of aromatic nitrogens is 2. The zero-order valence-corrected chi connectivity index (χ0v) is 17.0. The first-order chi connectivity index (χ1) is 14.2. The summed E-state index contributed by atoms with van der Waals surface area (Å²) in [6.45, 7) is 1.50. The molecular weight excluding hydrogens is 382 g/mol. The van der Waals surface area contributed by atoms with Crippen LogP contribution in [0.25, 0.3) is 33.8 Å². The number of methoxy groups -OCH3 is 1. The highest BCUT2D eigenvalue weighted by molar-refractivity contribution is 6.30. The van der Waals surface area contributed by atoms with Gasteiger partial charge in [0.05, 0.1) is 5.52 Å². The molecule has 29 heavy (non-hydrogen) atoms. The Balaban J connectivity index is 1.73. The van der Waals surface area contributed by atoms with E-state index in [-0.39, 0.29) is 0 Å². The Labute approximate surface area is 175 Å². The second-order valence-electron chi connectivity index (χ2n) is 6.80. The van der Waals surface area contributed by atoms with Crippen LogP contribution in [0.2, 0.25) is 5.02 Å². The summed E-state index contributed by atoms with van der Waals surface area (Å²) in [6, 6.07) is 20.2. The molecule has 0 bridgehead atoms. The molecule has 5 heteroatoms. The summed E-state index contributed by atoms with van der Waals surface area (Å²) in [6.07, 6.45) is 4.83. The number of halogens is 1. The van der Waals surface area contributed by atoms with Crippen LogP contribution in [0.15, 0.2) is 60.7 Å². The Morgan fingerprint density at radius 2 is 1.72 bits per heavy atom. The predicted octanol–water partition coefficient (Wildman–Crippen LogP) is 6.06. The van der Waals surface area contributed by atoms with Crippen molar-refractivity contribution in [2.75, 3.05) is 25.6 Å². The summed E-state index contributed by atoms with van der Waals surface area (Å²) >= 11 is 5.97. The molecule has 0 saturated carbocycles. The van der Waals surface area contributed by atoms with Crippen LogP contribution in [-0.4, -0.2) is 30.2 Å². The lowest BCUT2D eigenvalue weighted by Crippen LogP contribution is -2.08. The second-order valence-corrected chi connectivity index (χ2v) is 7.24. The van der Waals surface area contributed by atoms with Gasteiger partial charge in [0, 0.05) is 30.7 Å². The number of nitrogens with one attached hydrogen (secondary N) is 1. The van der Waals surface area contributed by atoms with Crippen LogP contribution >= 0.6 is 11.6 Å². The first kappa shape index (κ1) is 19.4. The average molecular weight is 404 g/mol. The van der Waals surface area contributed by atoms with Crippen molar-refractivity contribution in [1.82, 2.24) is 9.97 Å². The van der Waals surface area contributed by atoms with Gasteiger partial charge >= 0.3 is 0 Å². The Bertz CT molecular complexity index is 1160. The highest BCUT2D eigenvalue weighted by Crippen LogP contribution is 2.27. The van der Waals surface area contributed by atoms with Crippen molar-refractivity contribution < 1.29 is 4.74 Å². The maximum Gasteiger partial charge on any atom is 0.154 e. The topological polar surface area (TPSA) is 47.0 Å². The smallest absolute Gasteiger partial charge is 0.154 e. The summed E-state index contributed by atoms with van der Waals surface area (Å²) in [5.74, 6) is 1.50. The quantitative estimate of drug-likeness (QED) is 0.301. The minimum atomic E-state index is 0.664. The van der Waals surface area contributed by atoms with Crippen molar-refractivity contribution in [2.24, 2.45) is 0 Å². The summed E-state index contributed by atoms with van der Waals surface area (Å²) < 4.78 is 5.15. The molecule has 0 spiro atoms. The van der Waals surface area contributed by atoms with Crippen LogP contribution in [0.4, 0.5) is 5.82 Å². The molecule has 146 valence electrons. The molecule has 4 nitrogen and oxygen atoms in total. The molecule has 1 heterocycles. The summed E-state index contributed by atoms with van der Waals surface area (Å²) in [7, 11) is 1.71. The predicted molar refractivity (Wildman–Crippen MR) is 122 cm³/mol. The molecule has 3 aromatic carbocycles. The van der Waals surface area contributed by atoms with Gasteiger partial charge in [-0.15, -0.1) is 0 Å². The normalized spacial score (nSPS) is 11.5. The molecule has 0 atom stereocenters. The van der Waals surface area contributed by atoms with Gasteiger partial charge < -0.3 is 10.1 Å².